The summed E-state index contributed by atoms with van der Waals surface area (Å²) in [5.41, 5.74) is 1.13. The Morgan fingerprint density at radius 2 is 1.80 bits per heavy atom. The van der Waals surface area contributed by atoms with Gasteiger partial charge < -0.3 is 9.87 Å². The Hall–Kier alpha value is -1.99. The predicted molar refractivity (Wildman–Crippen MR) is 77.1 cm³/mol. The Balaban J connectivity index is 2.17. The number of hydrogen-bond acceptors (Lipinski definition) is 6. The van der Waals surface area contributed by atoms with Crippen LogP contribution in [0, 0.1) is 4.91 Å². The number of hydrogen-bond donors (Lipinski definition) is 1. The van der Waals surface area contributed by atoms with E-state index in [2.05, 4.69) is 10.5 Å². The molecular weight excluding hydrogens is 280 g/mol. The highest BCUT2D eigenvalue weighted by molar-refractivity contribution is 7.85. The van der Waals surface area contributed by atoms with Gasteiger partial charge >= 0.3 is 0 Å². The van der Waals surface area contributed by atoms with E-state index in [-0.39, 0.29) is 6.42 Å². The number of nitroso groups, excluding NO2 is 1. The summed E-state index contributed by atoms with van der Waals surface area (Å²) in [4.78, 5) is 10.7. The van der Waals surface area contributed by atoms with Gasteiger partial charge in [0.05, 0.1) is 10.1 Å². The molecule has 0 saturated heterocycles. The largest absolute Gasteiger partial charge is 0.748 e. The highest BCUT2D eigenvalue weighted by Gasteiger charge is 2.05. The van der Waals surface area contributed by atoms with Crippen LogP contribution in [0.2, 0.25) is 0 Å². The summed E-state index contributed by atoms with van der Waals surface area (Å²) in [6.45, 7) is 0.360. The standard InChI is InChI=1S/C13H14N2O4S/c16-15-13-7-6-12(10-4-1-2-5-11(10)13)14-8-3-9-20(17,18)19/h1-2,4-7,14H,3,8-9H2,(H,17,18,19)/p-1. The Bertz CT molecular complexity index is 728. The Labute approximate surface area is 116 Å². The molecule has 2 aromatic carbocycles. The average Bonchev–Trinajstić information content (AvgIpc) is 2.42. The van der Waals surface area contributed by atoms with Crippen molar-refractivity contribution in [2.75, 3.05) is 17.6 Å². The second-order valence-corrected chi connectivity index (χ2v) is 5.83. The van der Waals surface area contributed by atoms with Crippen LogP contribution in [0.4, 0.5) is 11.4 Å². The lowest BCUT2D eigenvalue weighted by atomic mass is 10.1. The summed E-state index contributed by atoms with van der Waals surface area (Å²) in [6.07, 6.45) is 0.230. The molecule has 0 aliphatic rings. The smallest absolute Gasteiger partial charge is 0.115 e. The molecule has 0 fully saturated rings. The SMILES string of the molecule is O=Nc1ccc(NCCCS(=O)(=O)[O-])c2ccccc12. The van der Waals surface area contributed by atoms with Gasteiger partial charge in [0, 0.05) is 28.8 Å². The van der Waals surface area contributed by atoms with Crippen molar-refractivity contribution in [2.24, 2.45) is 5.18 Å². The minimum Gasteiger partial charge on any atom is -0.748 e. The van der Waals surface area contributed by atoms with E-state index in [1.165, 1.54) is 0 Å². The second-order valence-electron chi connectivity index (χ2n) is 4.31. The number of nitrogens with one attached hydrogen (secondary N) is 1. The molecule has 0 spiro atoms. The molecule has 6 nitrogen and oxygen atoms in total. The van der Waals surface area contributed by atoms with Crippen LogP contribution in [0.3, 0.4) is 0 Å². The Morgan fingerprint density at radius 3 is 2.45 bits per heavy atom. The Kier molecular flexibility index (Phi) is 4.31. The fourth-order valence-corrected chi connectivity index (χ4v) is 2.49. The van der Waals surface area contributed by atoms with Crippen LogP contribution in [0.5, 0.6) is 0 Å². The number of benzene rings is 2. The van der Waals surface area contributed by atoms with Crippen LogP contribution < -0.4 is 5.32 Å². The third-order valence-corrected chi connectivity index (χ3v) is 3.67. The first-order valence-electron chi connectivity index (χ1n) is 6.04. The minimum absolute atomic E-state index is 0.230. The van der Waals surface area contributed by atoms with Crippen LogP contribution >= 0.6 is 0 Å². The molecule has 0 bridgehead atoms. The zero-order valence-corrected chi connectivity index (χ0v) is 11.4. The van der Waals surface area contributed by atoms with Gasteiger partial charge in [-0.05, 0) is 23.7 Å². The van der Waals surface area contributed by atoms with Gasteiger partial charge in [-0.15, -0.1) is 4.91 Å². The predicted octanol–water partition coefficient (Wildman–Crippen LogP) is 2.58. The van der Waals surface area contributed by atoms with E-state index in [0.717, 1.165) is 16.5 Å². The van der Waals surface area contributed by atoms with Crippen molar-refractivity contribution in [1.29, 1.82) is 0 Å². The zero-order chi connectivity index (χ0) is 14.6. The van der Waals surface area contributed by atoms with Crippen LogP contribution in [0.1, 0.15) is 6.42 Å². The minimum atomic E-state index is -4.18. The van der Waals surface area contributed by atoms with Gasteiger partial charge in [0.25, 0.3) is 0 Å². The van der Waals surface area contributed by atoms with Crippen LogP contribution in [0.15, 0.2) is 41.6 Å². The first-order chi connectivity index (χ1) is 9.51. The summed E-state index contributed by atoms with van der Waals surface area (Å²) in [6, 6.07) is 10.6. The highest BCUT2D eigenvalue weighted by Crippen LogP contribution is 2.31. The molecule has 2 rings (SSSR count). The molecule has 1 N–H and O–H groups in total. The third kappa shape index (κ3) is 3.52. The molecule has 0 atom stereocenters. The van der Waals surface area contributed by atoms with E-state index in [1.807, 2.05) is 18.2 Å². The van der Waals surface area contributed by atoms with Gasteiger partial charge in [-0.2, -0.15) is 0 Å². The van der Waals surface area contributed by atoms with Gasteiger partial charge in [-0.25, -0.2) is 8.42 Å². The van der Waals surface area contributed by atoms with Crippen molar-refractivity contribution in [2.45, 2.75) is 6.42 Å². The van der Waals surface area contributed by atoms with E-state index in [9.17, 15) is 17.9 Å². The normalized spacial score (nSPS) is 11.4. The Morgan fingerprint density at radius 1 is 1.10 bits per heavy atom. The van der Waals surface area contributed by atoms with Crippen molar-refractivity contribution in [3.63, 3.8) is 0 Å². The van der Waals surface area contributed by atoms with Gasteiger partial charge in [0.1, 0.15) is 5.69 Å². The van der Waals surface area contributed by atoms with Crippen LogP contribution in [-0.4, -0.2) is 25.3 Å². The van der Waals surface area contributed by atoms with E-state index in [1.54, 1.807) is 18.2 Å². The number of fused-ring (bicyclic) bond motifs is 1. The molecule has 0 aliphatic carbocycles. The van der Waals surface area contributed by atoms with Crippen LogP contribution in [0.25, 0.3) is 10.8 Å². The molecule has 2 aromatic rings. The van der Waals surface area contributed by atoms with Gasteiger partial charge in [0.2, 0.25) is 0 Å². The molecule has 0 saturated carbocycles. The summed E-state index contributed by atoms with van der Waals surface area (Å²) in [5, 5.41) is 7.59. The van der Waals surface area contributed by atoms with E-state index in [0.29, 0.717) is 12.2 Å². The first-order valence-corrected chi connectivity index (χ1v) is 7.61. The van der Waals surface area contributed by atoms with Gasteiger partial charge in [0.15, 0.2) is 0 Å². The second kappa shape index (κ2) is 5.98. The van der Waals surface area contributed by atoms with Crippen molar-refractivity contribution >= 4 is 32.3 Å². The number of nitrogens with zero attached hydrogens (tertiary/aromatic N) is 1. The topological polar surface area (TPSA) is 98.7 Å². The molecule has 0 aliphatic heterocycles. The number of rotatable bonds is 6. The molecule has 0 aromatic heterocycles. The lowest BCUT2D eigenvalue weighted by Gasteiger charge is -2.11. The van der Waals surface area contributed by atoms with Crippen molar-refractivity contribution in [1.82, 2.24) is 0 Å². The maximum Gasteiger partial charge on any atom is 0.115 e. The van der Waals surface area contributed by atoms with E-state index < -0.39 is 15.9 Å². The first kappa shape index (κ1) is 14.4. The lowest BCUT2D eigenvalue weighted by molar-refractivity contribution is 0.462. The summed E-state index contributed by atoms with van der Waals surface area (Å²) < 4.78 is 31.5. The fraction of sp³-hybridized carbons (Fsp3) is 0.231. The summed E-state index contributed by atoms with van der Waals surface area (Å²) in [5.74, 6) is -0.397. The molecule has 0 unspecified atom stereocenters. The van der Waals surface area contributed by atoms with E-state index in [4.69, 9.17) is 0 Å². The monoisotopic (exact) mass is 293 g/mol. The van der Waals surface area contributed by atoms with Gasteiger partial charge in [-0.3, -0.25) is 0 Å². The fourth-order valence-electron chi connectivity index (χ4n) is 1.99. The van der Waals surface area contributed by atoms with Crippen molar-refractivity contribution in [3.8, 4) is 0 Å². The van der Waals surface area contributed by atoms with Crippen LogP contribution in [-0.2, 0) is 10.1 Å². The third-order valence-electron chi connectivity index (χ3n) is 2.89. The zero-order valence-electron chi connectivity index (χ0n) is 10.6. The lowest BCUT2D eigenvalue weighted by Crippen LogP contribution is -2.10. The summed E-state index contributed by atoms with van der Waals surface area (Å²) >= 11 is 0. The van der Waals surface area contributed by atoms with Crippen molar-refractivity contribution in [3.05, 3.63) is 41.3 Å². The molecule has 0 radical (unpaired) electrons. The molecule has 7 heteroatoms. The molecule has 0 amide bonds. The molecule has 20 heavy (non-hydrogen) atoms. The maximum atomic E-state index is 10.7. The maximum absolute atomic E-state index is 10.7. The van der Waals surface area contributed by atoms with Gasteiger partial charge in [-0.1, -0.05) is 24.3 Å². The highest BCUT2D eigenvalue weighted by atomic mass is 32.2. The van der Waals surface area contributed by atoms with Crippen molar-refractivity contribution < 1.29 is 13.0 Å². The molecular formula is C13H13N2O4S-. The quantitative estimate of drug-likeness (QED) is 0.501. The number of anilines is 1. The van der Waals surface area contributed by atoms with E-state index >= 15 is 0 Å². The summed E-state index contributed by atoms with van der Waals surface area (Å²) in [7, 11) is -4.18. The average molecular weight is 293 g/mol. The molecule has 106 valence electrons. The molecule has 0 heterocycles.